The van der Waals surface area contributed by atoms with Gasteiger partial charge in [-0.2, -0.15) is 5.10 Å². The second-order valence-corrected chi connectivity index (χ2v) is 4.47. The fourth-order valence-electron chi connectivity index (χ4n) is 2.15. The molecule has 20 heavy (non-hydrogen) atoms. The normalized spacial score (nSPS) is 12.1. The summed E-state index contributed by atoms with van der Waals surface area (Å²) < 4.78 is 1.87. The minimum absolute atomic E-state index is 0.104. The van der Waals surface area contributed by atoms with Crippen molar-refractivity contribution in [1.82, 2.24) is 19.7 Å². The average molecular weight is 265 g/mol. The van der Waals surface area contributed by atoms with Crippen LogP contribution >= 0.6 is 0 Å². The Morgan fingerprint density at radius 3 is 2.75 bits per heavy atom. The van der Waals surface area contributed by atoms with E-state index in [-0.39, 0.29) is 6.04 Å². The van der Waals surface area contributed by atoms with E-state index in [1.165, 1.54) is 0 Å². The lowest BCUT2D eigenvalue weighted by molar-refractivity contribution is 0.813. The summed E-state index contributed by atoms with van der Waals surface area (Å²) in [4.78, 5) is 8.30. The molecule has 1 unspecified atom stereocenters. The highest BCUT2D eigenvalue weighted by atomic mass is 15.3. The number of nitrogens with one attached hydrogen (secondary N) is 1. The van der Waals surface area contributed by atoms with Crippen molar-refractivity contribution in [3.05, 3.63) is 66.9 Å². The number of hydrogen-bond acceptors (Lipinski definition) is 4. The molecule has 0 radical (unpaired) electrons. The summed E-state index contributed by atoms with van der Waals surface area (Å²) in [6, 6.07) is 10.2. The highest BCUT2D eigenvalue weighted by Gasteiger charge is 2.12. The summed E-state index contributed by atoms with van der Waals surface area (Å²) in [5.74, 6) is 0.760. The van der Waals surface area contributed by atoms with E-state index in [0.717, 1.165) is 17.1 Å². The van der Waals surface area contributed by atoms with Crippen LogP contribution in [-0.2, 0) is 0 Å². The molecule has 3 aromatic rings. The average Bonchev–Trinajstić information content (AvgIpc) is 3.02. The van der Waals surface area contributed by atoms with Crippen molar-refractivity contribution in [2.24, 2.45) is 0 Å². The smallest absolute Gasteiger partial charge is 0.144 e. The van der Waals surface area contributed by atoms with Crippen LogP contribution in [-0.4, -0.2) is 19.7 Å². The molecule has 3 rings (SSSR count). The van der Waals surface area contributed by atoms with E-state index in [1.807, 2.05) is 29.1 Å². The van der Waals surface area contributed by atoms with Crippen LogP contribution in [0.3, 0.4) is 0 Å². The molecule has 0 bridgehead atoms. The van der Waals surface area contributed by atoms with E-state index in [2.05, 4.69) is 39.4 Å². The van der Waals surface area contributed by atoms with Crippen molar-refractivity contribution < 1.29 is 0 Å². The van der Waals surface area contributed by atoms with Gasteiger partial charge in [0.25, 0.3) is 0 Å². The molecule has 0 amide bonds. The molecule has 0 spiro atoms. The fourth-order valence-corrected chi connectivity index (χ4v) is 2.15. The summed E-state index contributed by atoms with van der Waals surface area (Å²) in [6.07, 6.45) is 8.76. The maximum absolute atomic E-state index is 4.30. The van der Waals surface area contributed by atoms with Gasteiger partial charge in [-0.3, -0.25) is 4.98 Å². The van der Waals surface area contributed by atoms with Crippen LogP contribution in [0, 0.1) is 0 Å². The third kappa shape index (κ3) is 2.51. The monoisotopic (exact) mass is 265 g/mol. The zero-order chi connectivity index (χ0) is 13.8. The zero-order valence-corrected chi connectivity index (χ0v) is 11.1. The highest BCUT2D eigenvalue weighted by Crippen LogP contribution is 2.23. The van der Waals surface area contributed by atoms with E-state index in [1.54, 1.807) is 24.8 Å². The lowest BCUT2D eigenvalue weighted by Crippen LogP contribution is -2.11. The largest absolute Gasteiger partial charge is 0.362 e. The fraction of sp³-hybridized carbons (Fsp3) is 0.133. The lowest BCUT2D eigenvalue weighted by atomic mass is 10.1. The molecule has 0 aliphatic heterocycles. The van der Waals surface area contributed by atoms with Crippen LogP contribution in [0.4, 0.5) is 5.82 Å². The molecule has 0 aliphatic carbocycles. The molecule has 1 aromatic carbocycles. The van der Waals surface area contributed by atoms with Crippen molar-refractivity contribution in [2.75, 3.05) is 5.32 Å². The van der Waals surface area contributed by atoms with Crippen LogP contribution in [0.5, 0.6) is 0 Å². The molecule has 2 aromatic heterocycles. The first kappa shape index (κ1) is 12.3. The molecule has 1 N–H and O–H groups in total. The first-order valence-electron chi connectivity index (χ1n) is 6.46. The van der Waals surface area contributed by atoms with Crippen molar-refractivity contribution in [2.45, 2.75) is 13.0 Å². The Labute approximate surface area is 117 Å². The summed E-state index contributed by atoms with van der Waals surface area (Å²) >= 11 is 0. The molecule has 1 atom stereocenters. The molecule has 100 valence electrons. The molecule has 5 nitrogen and oxygen atoms in total. The number of hydrogen-bond donors (Lipinski definition) is 1. The predicted octanol–water partition coefficient (Wildman–Crippen LogP) is 2.84. The Hall–Kier alpha value is -2.69. The molecule has 2 heterocycles. The maximum Gasteiger partial charge on any atom is 0.144 e. The molecular weight excluding hydrogens is 250 g/mol. The van der Waals surface area contributed by atoms with Crippen LogP contribution < -0.4 is 5.32 Å². The number of anilines is 1. The molecule has 0 saturated carbocycles. The first-order valence-corrected chi connectivity index (χ1v) is 6.46. The highest BCUT2D eigenvalue weighted by molar-refractivity contribution is 5.46. The van der Waals surface area contributed by atoms with Gasteiger partial charge in [0.2, 0.25) is 0 Å². The number of aromatic nitrogens is 4. The van der Waals surface area contributed by atoms with Gasteiger partial charge in [-0.05, 0) is 24.6 Å². The van der Waals surface area contributed by atoms with E-state index in [0.29, 0.717) is 0 Å². The van der Waals surface area contributed by atoms with Crippen LogP contribution in [0.25, 0.3) is 5.69 Å². The Morgan fingerprint density at radius 1 is 1.10 bits per heavy atom. The van der Waals surface area contributed by atoms with Crippen molar-refractivity contribution >= 4 is 5.82 Å². The Balaban J connectivity index is 1.90. The van der Waals surface area contributed by atoms with Gasteiger partial charge >= 0.3 is 0 Å². The Kier molecular flexibility index (Phi) is 3.41. The molecular formula is C15H15N5. The Morgan fingerprint density at radius 2 is 2.00 bits per heavy atom. The minimum atomic E-state index is 0.104. The third-order valence-corrected chi connectivity index (χ3v) is 3.08. The minimum Gasteiger partial charge on any atom is -0.362 e. The van der Waals surface area contributed by atoms with E-state index in [4.69, 9.17) is 0 Å². The number of para-hydroxylation sites is 1. The number of rotatable bonds is 4. The van der Waals surface area contributed by atoms with Gasteiger partial charge in [0.15, 0.2) is 0 Å². The van der Waals surface area contributed by atoms with Crippen LogP contribution in [0.2, 0.25) is 0 Å². The summed E-state index contributed by atoms with van der Waals surface area (Å²) in [7, 11) is 0. The molecule has 0 saturated heterocycles. The summed E-state index contributed by atoms with van der Waals surface area (Å²) in [6.45, 7) is 2.09. The second-order valence-electron chi connectivity index (χ2n) is 4.47. The standard InChI is InChI=1S/C15H15N5/c1-12(19-15-11-16-8-9-17-15)13-5-2-3-6-14(13)20-10-4-7-18-20/h2-12H,1H3,(H,17,19). The van der Waals surface area contributed by atoms with Gasteiger partial charge in [-0.1, -0.05) is 18.2 Å². The topological polar surface area (TPSA) is 55.6 Å². The van der Waals surface area contributed by atoms with Crippen molar-refractivity contribution in [3.8, 4) is 5.69 Å². The molecule has 0 fully saturated rings. The van der Waals surface area contributed by atoms with Crippen LogP contribution in [0.1, 0.15) is 18.5 Å². The maximum atomic E-state index is 4.30. The van der Waals surface area contributed by atoms with Gasteiger partial charge in [0.1, 0.15) is 5.82 Å². The summed E-state index contributed by atoms with van der Waals surface area (Å²) in [5.41, 5.74) is 2.21. The number of benzene rings is 1. The van der Waals surface area contributed by atoms with E-state index < -0.39 is 0 Å². The van der Waals surface area contributed by atoms with E-state index in [9.17, 15) is 0 Å². The molecule has 0 aliphatic rings. The van der Waals surface area contributed by atoms with Crippen molar-refractivity contribution in [3.63, 3.8) is 0 Å². The number of nitrogens with zero attached hydrogens (tertiary/aromatic N) is 4. The zero-order valence-electron chi connectivity index (χ0n) is 11.1. The third-order valence-electron chi connectivity index (χ3n) is 3.08. The van der Waals surface area contributed by atoms with Gasteiger partial charge in [0.05, 0.1) is 17.9 Å². The van der Waals surface area contributed by atoms with Gasteiger partial charge in [-0.25, -0.2) is 9.67 Å². The SMILES string of the molecule is CC(Nc1cnccn1)c1ccccc1-n1cccn1. The van der Waals surface area contributed by atoms with Crippen LogP contribution in [0.15, 0.2) is 61.3 Å². The Bertz CT molecular complexity index is 664. The predicted molar refractivity (Wildman–Crippen MR) is 77.6 cm³/mol. The van der Waals surface area contributed by atoms with Gasteiger partial charge in [-0.15, -0.1) is 0 Å². The van der Waals surface area contributed by atoms with Gasteiger partial charge in [0, 0.05) is 24.8 Å². The van der Waals surface area contributed by atoms with E-state index >= 15 is 0 Å². The second kappa shape index (κ2) is 5.52. The van der Waals surface area contributed by atoms with Crippen molar-refractivity contribution in [1.29, 1.82) is 0 Å². The first-order chi connectivity index (χ1) is 9.84. The van der Waals surface area contributed by atoms with Gasteiger partial charge < -0.3 is 5.32 Å². The lowest BCUT2D eigenvalue weighted by Gasteiger charge is -2.18. The summed E-state index contributed by atoms with van der Waals surface area (Å²) in [5, 5.41) is 7.64. The molecule has 5 heteroatoms. The quantitative estimate of drug-likeness (QED) is 0.788.